The van der Waals surface area contributed by atoms with E-state index in [0.29, 0.717) is 71.1 Å². The van der Waals surface area contributed by atoms with Crippen LogP contribution in [-0.2, 0) is 24.5 Å². The molecule has 1 N–H and O–H groups in total. The van der Waals surface area contributed by atoms with Gasteiger partial charge in [-0.3, -0.25) is 4.79 Å². The van der Waals surface area contributed by atoms with Gasteiger partial charge in [0.25, 0.3) is 10.2 Å². The van der Waals surface area contributed by atoms with Crippen molar-refractivity contribution in [2.75, 3.05) is 39.4 Å². The van der Waals surface area contributed by atoms with Crippen LogP contribution in [0.15, 0.2) is 0 Å². The third-order valence-electron chi connectivity index (χ3n) is 6.98. The van der Waals surface area contributed by atoms with Crippen molar-refractivity contribution in [1.82, 2.24) is 13.9 Å². The van der Waals surface area contributed by atoms with Crippen molar-refractivity contribution in [3.05, 3.63) is 0 Å². The van der Waals surface area contributed by atoms with E-state index >= 15 is 0 Å². The predicted molar refractivity (Wildman–Crippen MR) is 108 cm³/mol. The fourth-order valence-electron chi connectivity index (χ4n) is 5.10. The summed E-state index contributed by atoms with van der Waals surface area (Å²) in [6.45, 7) is 2.85. The average Bonchev–Trinajstić information content (AvgIpc) is 3.02. The van der Waals surface area contributed by atoms with Crippen molar-refractivity contribution in [1.29, 1.82) is 0 Å². The van der Waals surface area contributed by atoms with Gasteiger partial charge < -0.3 is 14.8 Å². The smallest absolute Gasteiger partial charge is 0.281 e. The summed E-state index contributed by atoms with van der Waals surface area (Å²) in [5, 5.41) is 3.23. The second kappa shape index (κ2) is 9.18. The molecule has 3 saturated heterocycles. The second-order valence-electron chi connectivity index (χ2n) is 8.88. The molecule has 4 fully saturated rings. The minimum Gasteiger partial charge on any atom is -0.353 e. The summed E-state index contributed by atoms with van der Waals surface area (Å²) >= 11 is 0. The molecule has 0 aromatic rings. The summed E-state index contributed by atoms with van der Waals surface area (Å²) in [6.07, 6.45) is 9.40. The Morgan fingerprint density at radius 2 is 1.38 bits per heavy atom. The average molecular weight is 430 g/mol. The van der Waals surface area contributed by atoms with Crippen LogP contribution in [0.3, 0.4) is 0 Å². The van der Waals surface area contributed by atoms with Gasteiger partial charge in [0.05, 0.1) is 13.2 Å². The van der Waals surface area contributed by atoms with Crippen LogP contribution in [0.4, 0.5) is 0 Å². The lowest BCUT2D eigenvalue weighted by atomic mass is 9.96. The minimum atomic E-state index is -3.49. The Morgan fingerprint density at radius 1 is 0.828 bits per heavy atom. The molecule has 4 rings (SSSR count). The molecular weight excluding hydrogens is 394 g/mol. The van der Waals surface area contributed by atoms with E-state index in [-0.39, 0.29) is 11.8 Å². The van der Waals surface area contributed by atoms with Crippen LogP contribution >= 0.6 is 0 Å². The van der Waals surface area contributed by atoms with Crippen molar-refractivity contribution < 1.29 is 22.7 Å². The van der Waals surface area contributed by atoms with Gasteiger partial charge in [0, 0.05) is 51.0 Å². The minimum absolute atomic E-state index is 0.0744. The number of rotatable bonds is 4. The standard InChI is InChI=1S/C20H35N3O5S/c24-19(21-18-5-3-1-2-4-6-18)17-7-11-22(12-8-17)29(25,26)23-13-9-20(10-14-23)27-15-16-28-20/h17-18H,1-16H2,(H,21,24). The number of piperidine rings is 2. The number of amides is 1. The van der Waals surface area contributed by atoms with Gasteiger partial charge in [-0.2, -0.15) is 17.0 Å². The highest BCUT2D eigenvalue weighted by Gasteiger charge is 2.44. The number of carbonyl (C=O) groups excluding carboxylic acids is 1. The molecule has 0 radical (unpaired) electrons. The molecule has 0 unspecified atom stereocenters. The van der Waals surface area contributed by atoms with Crippen LogP contribution in [0.2, 0.25) is 0 Å². The van der Waals surface area contributed by atoms with Gasteiger partial charge in [-0.25, -0.2) is 0 Å². The van der Waals surface area contributed by atoms with Gasteiger partial charge in [-0.15, -0.1) is 0 Å². The topological polar surface area (TPSA) is 88.2 Å². The molecule has 1 amide bonds. The Labute approximate surface area is 174 Å². The summed E-state index contributed by atoms with van der Waals surface area (Å²) in [6, 6.07) is 0.299. The van der Waals surface area contributed by atoms with E-state index in [1.807, 2.05) is 0 Å². The largest absolute Gasteiger partial charge is 0.353 e. The zero-order valence-electron chi connectivity index (χ0n) is 17.3. The van der Waals surface area contributed by atoms with Crippen molar-refractivity contribution in [2.24, 2.45) is 5.92 Å². The normalized spacial score (nSPS) is 28.4. The van der Waals surface area contributed by atoms with Gasteiger partial charge in [-0.1, -0.05) is 25.7 Å². The van der Waals surface area contributed by atoms with E-state index in [4.69, 9.17) is 9.47 Å². The summed E-state index contributed by atoms with van der Waals surface area (Å²) in [7, 11) is -3.49. The van der Waals surface area contributed by atoms with Crippen molar-refractivity contribution >= 4 is 16.1 Å². The lowest BCUT2D eigenvalue weighted by Gasteiger charge is -2.40. The van der Waals surface area contributed by atoms with Crippen LogP contribution in [0, 0.1) is 5.92 Å². The van der Waals surface area contributed by atoms with Gasteiger partial charge in [0.2, 0.25) is 5.91 Å². The first-order chi connectivity index (χ1) is 14.0. The highest BCUT2D eigenvalue weighted by Crippen LogP contribution is 2.33. The molecule has 0 aromatic heterocycles. The molecule has 0 bridgehead atoms. The third kappa shape index (κ3) is 4.95. The Morgan fingerprint density at radius 3 is 1.97 bits per heavy atom. The summed E-state index contributed by atoms with van der Waals surface area (Å²) in [5.74, 6) is -0.534. The van der Waals surface area contributed by atoms with Gasteiger partial charge in [0.1, 0.15) is 0 Å². The molecule has 8 nitrogen and oxygen atoms in total. The van der Waals surface area contributed by atoms with Crippen molar-refractivity contribution in [2.45, 2.75) is 76.0 Å². The molecule has 1 spiro atoms. The van der Waals surface area contributed by atoms with Crippen LogP contribution in [0.1, 0.15) is 64.2 Å². The summed E-state index contributed by atoms with van der Waals surface area (Å²) in [5.41, 5.74) is 0. The summed E-state index contributed by atoms with van der Waals surface area (Å²) in [4.78, 5) is 12.7. The van der Waals surface area contributed by atoms with Crippen LogP contribution in [0.25, 0.3) is 0 Å². The lowest BCUT2D eigenvalue weighted by molar-refractivity contribution is -0.179. The Hall–Kier alpha value is -0.740. The predicted octanol–water partition coefficient (Wildman–Crippen LogP) is 1.62. The molecule has 0 aromatic carbocycles. The van der Waals surface area contributed by atoms with E-state index in [2.05, 4.69) is 5.32 Å². The Kier molecular flexibility index (Phi) is 6.80. The Bertz CT molecular complexity index is 654. The molecule has 3 aliphatic heterocycles. The van der Waals surface area contributed by atoms with E-state index in [1.54, 1.807) is 8.61 Å². The molecule has 4 aliphatic rings. The SMILES string of the molecule is O=C(NC1CCCCCC1)C1CCN(S(=O)(=O)N2CCC3(CC2)OCCO3)CC1. The number of ether oxygens (including phenoxy) is 2. The molecule has 3 heterocycles. The lowest BCUT2D eigenvalue weighted by Crippen LogP contribution is -2.53. The highest BCUT2D eigenvalue weighted by molar-refractivity contribution is 7.86. The monoisotopic (exact) mass is 429 g/mol. The second-order valence-corrected chi connectivity index (χ2v) is 10.8. The highest BCUT2D eigenvalue weighted by atomic mass is 32.2. The van der Waals surface area contributed by atoms with Gasteiger partial charge in [0.15, 0.2) is 5.79 Å². The van der Waals surface area contributed by atoms with Crippen LogP contribution in [-0.4, -0.2) is 74.2 Å². The maximum atomic E-state index is 13.0. The van der Waals surface area contributed by atoms with E-state index in [0.717, 1.165) is 12.8 Å². The molecule has 9 heteroatoms. The van der Waals surface area contributed by atoms with Crippen LogP contribution < -0.4 is 5.32 Å². The van der Waals surface area contributed by atoms with Crippen molar-refractivity contribution in [3.8, 4) is 0 Å². The first-order valence-corrected chi connectivity index (χ1v) is 12.7. The van der Waals surface area contributed by atoms with Gasteiger partial charge >= 0.3 is 0 Å². The maximum absolute atomic E-state index is 13.0. The number of carbonyl (C=O) groups is 1. The Balaban J connectivity index is 1.25. The van der Waals surface area contributed by atoms with Crippen molar-refractivity contribution in [3.63, 3.8) is 0 Å². The molecular formula is C20H35N3O5S. The zero-order valence-corrected chi connectivity index (χ0v) is 18.1. The van der Waals surface area contributed by atoms with Gasteiger partial charge in [-0.05, 0) is 25.7 Å². The first kappa shape index (κ1) is 21.5. The van der Waals surface area contributed by atoms with E-state index in [1.165, 1.54) is 25.7 Å². The zero-order chi connectivity index (χ0) is 20.3. The fourth-order valence-corrected chi connectivity index (χ4v) is 6.74. The molecule has 29 heavy (non-hydrogen) atoms. The number of nitrogens with zero attached hydrogens (tertiary/aromatic N) is 2. The maximum Gasteiger partial charge on any atom is 0.281 e. The van der Waals surface area contributed by atoms with E-state index in [9.17, 15) is 13.2 Å². The van der Waals surface area contributed by atoms with Crippen LogP contribution in [0.5, 0.6) is 0 Å². The molecule has 166 valence electrons. The fraction of sp³-hybridized carbons (Fsp3) is 0.950. The number of nitrogens with one attached hydrogen (secondary N) is 1. The third-order valence-corrected chi connectivity index (χ3v) is 9.01. The molecule has 0 atom stereocenters. The quantitative estimate of drug-likeness (QED) is 0.686. The molecule has 1 saturated carbocycles. The van der Waals surface area contributed by atoms with E-state index < -0.39 is 16.0 Å². The summed E-state index contributed by atoms with van der Waals surface area (Å²) < 4.78 is 40.6. The number of hydrogen-bond donors (Lipinski definition) is 1. The first-order valence-electron chi connectivity index (χ1n) is 11.3. The molecule has 1 aliphatic carbocycles. The number of hydrogen-bond acceptors (Lipinski definition) is 5.